The monoisotopic (exact) mass is 310 g/mol. The number of nitrogen functional groups attached to an aromatic ring is 1. The molecule has 3 rings (SSSR count). The maximum atomic E-state index is 9.38. The third-order valence-corrected chi connectivity index (χ3v) is 4.02. The maximum absolute atomic E-state index is 9.38. The molecule has 0 aliphatic rings. The Bertz CT molecular complexity index is 897. The largest absolute Gasteiger partial charge is 0.399 e. The van der Waals surface area contributed by atoms with Crippen molar-refractivity contribution in [2.24, 2.45) is 0 Å². The summed E-state index contributed by atoms with van der Waals surface area (Å²) >= 11 is 0. The van der Waals surface area contributed by atoms with E-state index >= 15 is 0 Å². The van der Waals surface area contributed by atoms with Gasteiger partial charge >= 0.3 is 0 Å². The lowest BCUT2D eigenvalue weighted by molar-refractivity contribution is 1.42. The molecule has 0 aromatic heterocycles. The Morgan fingerprint density at radius 2 is 1.25 bits per heavy atom. The summed E-state index contributed by atoms with van der Waals surface area (Å²) in [5.41, 5.74) is 12.5. The van der Waals surface area contributed by atoms with Crippen LogP contribution in [0.15, 0.2) is 84.4 Å². The number of rotatable bonds is 3. The van der Waals surface area contributed by atoms with Crippen LogP contribution in [0.3, 0.4) is 0 Å². The van der Waals surface area contributed by atoms with Gasteiger partial charge in [-0.1, -0.05) is 66.7 Å². The fourth-order valence-electron chi connectivity index (χ4n) is 2.77. The molecule has 0 bridgehead atoms. The van der Waals surface area contributed by atoms with Crippen molar-refractivity contribution >= 4 is 11.3 Å². The van der Waals surface area contributed by atoms with E-state index in [4.69, 9.17) is 5.73 Å². The normalized spacial score (nSPS) is 11.5. The van der Waals surface area contributed by atoms with Crippen LogP contribution < -0.4 is 5.73 Å². The lowest BCUT2D eigenvalue weighted by Gasteiger charge is -2.11. The zero-order valence-electron chi connectivity index (χ0n) is 13.5. The molecule has 2 heteroatoms. The summed E-state index contributed by atoms with van der Waals surface area (Å²) in [6.45, 7) is 1.84. The minimum absolute atomic E-state index is 0.687. The van der Waals surface area contributed by atoms with Crippen molar-refractivity contribution in [2.45, 2.75) is 6.92 Å². The number of nitrogens with two attached hydrogens (primary N) is 1. The predicted octanol–water partition coefficient (Wildman–Crippen LogP) is 5.28. The van der Waals surface area contributed by atoms with E-state index in [9.17, 15) is 5.26 Å². The highest BCUT2D eigenvalue weighted by molar-refractivity contribution is 5.85. The van der Waals surface area contributed by atoms with E-state index in [1.54, 1.807) is 0 Å². The third-order valence-electron chi connectivity index (χ3n) is 4.02. The minimum atomic E-state index is 0.687. The van der Waals surface area contributed by atoms with Gasteiger partial charge in [-0.15, -0.1) is 0 Å². The standard InChI is InChI=1S/C22H18N2/c1-16(15-23)22(20-11-13-21(24)14-12-20)19-9-7-18(8-10-19)17-5-3-2-4-6-17/h2-14H,24H2,1H3/b22-16+. The molecule has 116 valence electrons. The summed E-state index contributed by atoms with van der Waals surface area (Å²) in [6.07, 6.45) is 0. The maximum Gasteiger partial charge on any atom is 0.0950 e. The van der Waals surface area contributed by atoms with Gasteiger partial charge in [0.1, 0.15) is 0 Å². The molecular formula is C22H18N2. The summed E-state index contributed by atoms with van der Waals surface area (Å²) in [7, 11) is 0. The van der Waals surface area contributed by atoms with Crippen molar-refractivity contribution in [2.75, 3.05) is 5.73 Å². The lowest BCUT2D eigenvalue weighted by Crippen LogP contribution is -1.93. The van der Waals surface area contributed by atoms with E-state index in [1.807, 2.05) is 49.4 Å². The molecule has 3 aromatic rings. The Kier molecular flexibility index (Phi) is 4.45. The second kappa shape index (κ2) is 6.85. The van der Waals surface area contributed by atoms with Crippen molar-refractivity contribution in [1.29, 1.82) is 5.26 Å². The number of benzene rings is 3. The Balaban J connectivity index is 2.04. The van der Waals surface area contributed by atoms with Gasteiger partial charge in [0, 0.05) is 16.8 Å². The first-order valence-corrected chi connectivity index (χ1v) is 7.82. The molecule has 0 saturated heterocycles. The van der Waals surface area contributed by atoms with Gasteiger partial charge < -0.3 is 5.73 Å². The Hall–Kier alpha value is -3.31. The molecule has 0 unspecified atom stereocenters. The summed E-state index contributed by atoms with van der Waals surface area (Å²) in [5, 5.41) is 9.38. The van der Waals surface area contributed by atoms with E-state index in [0.717, 1.165) is 22.3 Å². The predicted molar refractivity (Wildman–Crippen MR) is 100 cm³/mol. The Morgan fingerprint density at radius 1 is 0.750 bits per heavy atom. The Morgan fingerprint density at radius 3 is 1.79 bits per heavy atom. The number of hydrogen-bond acceptors (Lipinski definition) is 2. The van der Waals surface area contributed by atoms with Crippen molar-refractivity contribution in [1.82, 2.24) is 0 Å². The van der Waals surface area contributed by atoms with Crippen molar-refractivity contribution in [3.63, 3.8) is 0 Å². The number of nitriles is 1. The zero-order chi connectivity index (χ0) is 16.9. The highest BCUT2D eigenvalue weighted by Crippen LogP contribution is 2.29. The van der Waals surface area contributed by atoms with Crippen molar-refractivity contribution in [3.05, 3.63) is 95.6 Å². The average molecular weight is 310 g/mol. The minimum Gasteiger partial charge on any atom is -0.399 e. The molecule has 0 radical (unpaired) electrons. The highest BCUT2D eigenvalue weighted by atomic mass is 14.5. The molecule has 3 aromatic carbocycles. The molecule has 0 amide bonds. The van der Waals surface area contributed by atoms with Crippen LogP contribution in [0.25, 0.3) is 16.7 Å². The van der Waals surface area contributed by atoms with Gasteiger partial charge in [0.25, 0.3) is 0 Å². The number of nitrogens with zero attached hydrogens (tertiary/aromatic N) is 1. The Labute approximate surface area is 142 Å². The van der Waals surface area contributed by atoms with Crippen LogP contribution in [0.1, 0.15) is 18.1 Å². The van der Waals surface area contributed by atoms with Gasteiger partial charge in [-0.25, -0.2) is 0 Å². The fraction of sp³-hybridized carbons (Fsp3) is 0.0455. The van der Waals surface area contributed by atoms with Crippen LogP contribution >= 0.6 is 0 Å². The molecule has 0 atom stereocenters. The number of allylic oxidation sites excluding steroid dienone is 1. The summed E-state index contributed by atoms with van der Waals surface area (Å²) in [4.78, 5) is 0. The van der Waals surface area contributed by atoms with Crippen LogP contribution in [0.2, 0.25) is 0 Å². The smallest absolute Gasteiger partial charge is 0.0950 e. The summed E-state index contributed by atoms with van der Waals surface area (Å²) in [5.74, 6) is 0. The number of hydrogen-bond donors (Lipinski definition) is 1. The average Bonchev–Trinajstić information content (AvgIpc) is 2.64. The van der Waals surface area contributed by atoms with E-state index in [-0.39, 0.29) is 0 Å². The van der Waals surface area contributed by atoms with Gasteiger partial charge in [-0.2, -0.15) is 5.26 Å². The molecule has 2 nitrogen and oxygen atoms in total. The van der Waals surface area contributed by atoms with Crippen LogP contribution in [0.5, 0.6) is 0 Å². The first-order chi connectivity index (χ1) is 11.7. The van der Waals surface area contributed by atoms with E-state index in [2.05, 4.69) is 42.5 Å². The highest BCUT2D eigenvalue weighted by Gasteiger charge is 2.09. The molecule has 0 saturated carbocycles. The lowest BCUT2D eigenvalue weighted by atomic mass is 9.92. The second-order valence-electron chi connectivity index (χ2n) is 5.68. The summed E-state index contributed by atoms with van der Waals surface area (Å²) < 4.78 is 0. The van der Waals surface area contributed by atoms with Crippen LogP contribution in [-0.2, 0) is 0 Å². The molecule has 24 heavy (non-hydrogen) atoms. The van der Waals surface area contributed by atoms with Gasteiger partial charge in [0.15, 0.2) is 0 Å². The van der Waals surface area contributed by atoms with E-state index < -0.39 is 0 Å². The van der Waals surface area contributed by atoms with Crippen molar-refractivity contribution in [3.8, 4) is 17.2 Å². The second-order valence-corrected chi connectivity index (χ2v) is 5.68. The quantitative estimate of drug-likeness (QED) is 0.528. The first-order valence-electron chi connectivity index (χ1n) is 7.82. The molecular weight excluding hydrogens is 292 g/mol. The summed E-state index contributed by atoms with van der Waals surface area (Å²) in [6, 6.07) is 28.5. The van der Waals surface area contributed by atoms with Crippen LogP contribution in [0, 0.1) is 11.3 Å². The topological polar surface area (TPSA) is 49.8 Å². The van der Waals surface area contributed by atoms with Gasteiger partial charge in [0.05, 0.1) is 6.07 Å². The zero-order valence-corrected chi connectivity index (χ0v) is 13.5. The fourth-order valence-corrected chi connectivity index (χ4v) is 2.77. The van der Waals surface area contributed by atoms with Crippen molar-refractivity contribution < 1.29 is 0 Å². The van der Waals surface area contributed by atoms with E-state index in [0.29, 0.717) is 11.3 Å². The van der Waals surface area contributed by atoms with Gasteiger partial charge in [-0.3, -0.25) is 0 Å². The van der Waals surface area contributed by atoms with Crippen LogP contribution in [0.4, 0.5) is 5.69 Å². The van der Waals surface area contributed by atoms with Gasteiger partial charge in [-0.05, 0) is 41.3 Å². The number of anilines is 1. The molecule has 2 N–H and O–H groups in total. The van der Waals surface area contributed by atoms with Crippen LogP contribution in [-0.4, -0.2) is 0 Å². The van der Waals surface area contributed by atoms with E-state index in [1.165, 1.54) is 5.56 Å². The third kappa shape index (κ3) is 3.21. The molecule has 0 aliphatic carbocycles. The first kappa shape index (κ1) is 15.6. The SMILES string of the molecule is C/C(C#N)=C(\c1ccc(N)cc1)c1ccc(-c2ccccc2)cc1. The molecule has 0 fully saturated rings. The van der Waals surface area contributed by atoms with Gasteiger partial charge in [0.2, 0.25) is 0 Å². The molecule has 0 heterocycles. The molecule has 0 aliphatic heterocycles. The molecule has 0 spiro atoms.